The molecule has 0 saturated heterocycles. The highest BCUT2D eigenvalue weighted by Gasteiger charge is 2.17. The van der Waals surface area contributed by atoms with Gasteiger partial charge in [-0.05, 0) is 63.1 Å². The first-order valence-electron chi connectivity index (χ1n) is 11.2. The molecule has 4 aromatic rings. The Labute approximate surface area is 198 Å². The highest BCUT2D eigenvalue weighted by atomic mass is 16.5. The van der Waals surface area contributed by atoms with Crippen LogP contribution in [0.2, 0.25) is 0 Å². The van der Waals surface area contributed by atoms with Crippen molar-refractivity contribution in [2.24, 2.45) is 0 Å². The Morgan fingerprint density at radius 3 is 2.50 bits per heavy atom. The van der Waals surface area contributed by atoms with Crippen molar-refractivity contribution in [1.82, 2.24) is 14.8 Å². The summed E-state index contributed by atoms with van der Waals surface area (Å²) in [6.07, 6.45) is 0.120. The number of pyridine rings is 1. The number of rotatable bonds is 7. The lowest BCUT2D eigenvalue weighted by Crippen LogP contribution is -2.17. The topological polar surface area (TPSA) is 86.1 Å². The predicted molar refractivity (Wildman–Crippen MR) is 133 cm³/mol. The van der Waals surface area contributed by atoms with E-state index in [1.54, 1.807) is 35.0 Å². The molecular weight excluding hydrogens is 428 g/mol. The molecule has 34 heavy (non-hydrogen) atoms. The van der Waals surface area contributed by atoms with E-state index in [0.717, 1.165) is 27.7 Å². The summed E-state index contributed by atoms with van der Waals surface area (Å²) in [5.41, 5.74) is 5.49. The van der Waals surface area contributed by atoms with Crippen LogP contribution in [0.25, 0.3) is 16.7 Å². The van der Waals surface area contributed by atoms with E-state index >= 15 is 0 Å². The van der Waals surface area contributed by atoms with E-state index in [0.29, 0.717) is 22.9 Å². The van der Waals surface area contributed by atoms with E-state index in [9.17, 15) is 9.59 Å². The third-order valence-corrected chi connectivity index (χ3v) is 5.74. The molecule has 2 aromatic heterocycles. The number of amides is 1. The molecule has 2 aromatic carbocycles. The number of ketones is 1. The maximum atomic E-state index is 12.7. The summed E-state index contributed by atoms with van der Waals surface area (Å²) in [7, 11) is 1.52. The number of hydrogen-bond acceptors (Lipinski definition) is 5. The number of fused-ring (bicyclic) bond motifs is 1. The van der Waals surface area contributed by atoms with Crippen molar-refractivity contribution >= 4 is 28.4 Å². The molecule has 0 atom stereocenters. The molecule has 0 unspecified atom stereocenters. The van der Waals surface area contributed by atoms with Crippen LogP contribution in [0.1, 0.15) is 45.6 Å². The minimum atomic E-state index is -0.270. The highest BCUT2D eigenvalue weighted by Crippen LogP contribution is 2.26. The Bertz CT molecular complexity index is 1400. The molecule has 1 N–H and O–H groups in total. The number of ether oxygens (including phenoxy) is 1. The molecule has 0 aliphatic rings. The average molecular weight is 457 g/mol. The molecule has 174 valence electrons. The third kappa shape index (κ3) is 4.69. The first-order chi connectivity index (χ1) is 16.3. The number of hydrogen-bond donors (Lipinski definition) is 1. The SMILES string of the molecule is COc1ccccc1C(=O)CCC(=O)Nc1cc(C)nn1-c1cc(C)c2cc(C)cc(C)c2n1. The lowest BCUT2D eigenvalue weighted by atomic mass is 10.0. The zero-order chi connectivity index (χ0) is 24.4. The first-order valence-corrected chi connectivity index (χ1v) is 11.2. The van der Waals surface area contributed by atoms with Gasteiger partial charge in [-0.3, -0.25) is 9.59 Å². The van der Waals surface area contributed by atoms with E-state index in [4.69, 9.17) is 9.72 Å². The van der Waals surface area contributed by atoms with Crippen molar-refractivity contribution < 1.29 is 14.3 Å². The number of para-hydroxylation sites is 1. The van der Waals surface area contributed by atoms with Crippen LogP contribution >= 0.6 is 0 Å². The van der Waals surface area contributed by atoms with E-state index < -0.39 is 0 Å². The average Bonchev–Trinajstić information content (AvgIpc) is 3.17. The van der Waals surface area contributed by atoms with E-state index in [1.807, 2.05) is 26.8 Å². The van der Waals surface area contributed by atoms with Gasteiger partial charge in [-0.2, -0.15) is 9.78 Å². The second-order valence-electron chi connectivity index (χ2n) is 8.53. The highest BCUT2D eigenvalue weighted by molar-refractivity contribution is 6.01. The number of aromatic nitrogens is 3. The minimum absolute atomic E-state index is 0.0453. The summed E-state index contributed by atoms with van der Waals surface area (Å²) in [6.45, 7) is 8.02. The fraction of sp³-hybridized carbons (Fsp3) is 0.259. The number of nitrogens with one attached hydrogen (secondary N) is 1. The van der Waals surface area contributed by atoms with Crippen LogP contribution in [0.15, 0.2) is 48.5 Å². The number of methoxy groups -OCH3 is 1. The largest absolute Gasteiger partial charge is 0.496 e. The number of nitrogens with zero attached hydrogens (tertiary/aromatic N) is 3. The molecule has 7 heteroatoms. The summed E-state index contributed by atoms with van der Waals surface area (Å²) in [4.78, 5) is 30.2. The molecule has 0 spiro atoms. The van der Waals surface area contributed by atoms with Gasteiger partial charge < -0.3 is 10.1 Å². The molecule has 0 aliphatic carbocycles. The minimum Gasteiger partial charge on any atom is -0.496 e. The predicted octanol–water partition coefficient (Wildman–Crippen LogP) is 5.26. The van der Waals surface area contributed by atoms with Crippen molar-refractivity contribution in [2.45, 2.75) is 40.5 Å². The van der Waals surface area contributed by atoms with Gasteiger partial charge in [-0.25, -0.2) is 4.98 Å². The van der Waals surface area contributed by atoms with Gasteiger partial charge in [0.15, 0.2) is 11.6 Å². The van der Waals surface area contributed by atoms with Gasteiger partial charge >= 0.3 is 0 Å². The van der Waals surface area contributed by atoms with E-state index in [-0.39, 0.29) is 24.5 Å². The molecule has 0 saturated carbocycles. The lowest BCUT2D eigenvalue weighted by molar-refractivity contribution is -0.116. The van der Waals surface area contributed by atoms with E-state index in [1.165, 1.54) is 12.7 Å². The molecule has 4 rings (SSSR count). The Morgan fingerprint density at radius 1 is 0.971 bits per heavy atom. The van der Waals surface area contributed by atoms with Crippen LogP contribution in [0, 0.1) is 27.7 Å². The zero-order valence-electron chi connectivity index (χ0n) is 20.1. The number of Topliss-reactive ketones (excluding diaryl/α,β-unsaturated/α-hetero) is 1. The summed E-state index contributed by atoms with van der Waals surface area (Å²) >= 11 is 0. The zero-order valence-corrected chi connectivity index (χ0v) is 20.1. The second kappa shape index (κ2) is 9.47. The number of aryl methyl sites for hydroxylation is 4. The summed E-state index contributed by atoms with van der Waals surface area (Å²) in [5.74, 6) is 1.24. The van der Waals surface area contributed by atoms with Crippen molar-refractivity contribution in [3.63, 3.8) is 0 Å². The summed E-state index contributed by atoms with van der Waals surface area (Å²) < 4.78 is 6.89. The van der Waals surface area contributed by atoms with Crippen LogP contribution in [0.5, 0.6) is 5.75 Å². The number of carbonyl (C=O) groups is 2. The standard InChI is InChI=1S/C27H28N4O3/c1-16-12-18(3)27-21(13-16)17(2)14-24(29-27)31-25(15-19(4)30-31)28-26(33)11-10-22(32)20-8-6-7-9-23(20)34-5/h6-9,12-15H,10-11H2,1-5H3,(H,28,33). The maximum absolute atomic E-state index is 12.7. The van der Waals surface area contributed by atoms with Crippen LogP contribution in [0.3, 0.4) is 0 Å². The smallest absolute Gasteiger partial charge is 0.225 e. The number of benzene rings is 2. The van der Waals surface area contributed by atoms with Crippen LogP contribution in [-0.2, 0) is 4.79 Å². The van der Waals surface area contributed by atoms with Crippen molar-refractivity contribution in [2.75, 3.05) is 12.4 Å². The third-order valence-electron chi connectivity index (χ3n) is 5.74. The van der Waals surface area contributed by atoms with Crippen LogP contribution in [0.4, 0.5) is 5.82 Å². The Hall–Kier alpha value is -4.00. The van der Waals surface area contributed by atoms with Crippen LogP contribution in [-0.4, -0.2) is 33.6 Å². The number of anilines is 1. The molecule has 2 heterocycles. The van der Waals surface area contributed by atoms with Gasteiger partial charge in [-0.1, -0.05) is 23.8 Å². The summed E-state index contributed by atoms with van der Waals surface area (Å²) in [5, 5.41) is 8.55. The molecule has 0 fully saturated rings. The van der Waals surface area contributed by atoms with Gasteiger partial charge in [-0.15, -0.1) is 0 Å². The van der Waals surface area contributed by atoms with E-state index in [2.05, 4.69) is 29.5 Å². The van der Waals surface area contributed by atoms with Gasteiger partial charge in [0.25, 0.3) is 0 Å². The molecular formula is C27H28N4O3. The van der Waals surface area contributed by atoms with Gasteiger partial charge in [0.2, 0.25) is 5.91 Å². The fourth-order valence-electron chi connectivity index (χ4n) is 4.14. The second-order valence-corrected chi connectivity index (χ2v) is 8.53. The summed E-state index contributed by atoms with van der Waals surface area (Å²) in [6, 6.07) is 15.0. The maximum Gasteiger partial charge on any atom is 0.225 e. The first kappa shape index (κ1) is 23.2. The lowest BCUT2D eigenvalue weighted by Gasteiger charge is -2.12. The Morgan fingerprint density at radius 2 is 1.74 bits per heavy atom. The molecule has 0 aliphatic heterocycles. The Balaban J connectivity index is 1.55. The normalized spacial score (nSPS) is 11.0. The monoisotopic (exact) mass is 456 g/mol. The quantitative estimate of drug-likeness (QED) is 0.383. The fourth-order valence-corrected chi connectivity index (χ4v) is 4.14. The van der Waals surface area contributed by atoms with Crippen molar-refractivity contribution in [1.29, 1.82) is 0 Å². The van der Waals surface area contributed by atoms with Gasteiger partial charge in [0.05, 0.1) is 23.9 Å². The number of carbonyl (C=O) groups excluding carboxylic acids is 2. The molecule has 0 bridgehead atoms. The van der Waals surface area contributed by atoms with Crippen molar-refractivity contribution in [3.05, 3.63) is 76.5 Å². The van der Waals surface area contributed by atoms with Gasteiger partial charge in [0.1, 0.15) is 11.6 Å². The molecule has 7 nitrogen and oxygen atoms in total. The molecule has 0 radical (unpaired) electrons. The Kier molecular flexibility index (Phi) is 6.45. The molecule has 1 amide bonds. The van der Waals surface area contributed by atoms with Crippen LogP contribution < -0.4 is 10.1 Å². The van der Waals surface area contributed by atoms with Crippen molar-refractivity contribution in [3.8, 4) is 11.6 Å². The van der Waals surface area contributed by atoms with Gasteiger partial charge in [0, 0.05) is 24.3 Å².